The summed E-state index contributed by atoms with van der Waals surface area (Å²) in [6.45, 7) is 0.465. The second-order valence-corrected chi connectivity index (χ2v) is 3.87. The minimum absolute atomic E-state index is 0.000517. The molecule has 0 radical (unpaired) electrons. The van der Waals surface area contributed by atoms with Gasteiger partial charge in [-0.2, -0.15) is 0 Å². The Labute approximate surface area is 97.6 Å². The van der Waals surface area contributed by atoms with E-state index in [1.54, 1.807) is 11.0 Å². The topological polar surface area (TPSA) is 83.7 Å². The lowest BCUT2D eigenvalue weighted by Crippen LogP contribution is -2.28. The summed E-state index contributed by atoms with van der Waals surface area (Å²) in [7, 11) is 0. The van der Waals surface area contributed by atoms with Gasteiger partial charge >= 0.3 is 0 Å². The van der Waals surface area contributed by atoms with Crippen molar-refractivity contribution in [3.63, 3.8) is 0 Å². The Balaban J connectivity index is 2.28. The first-order valence-electron chi connectivity index (χ1n) is 5.32. The largest absolute Gasteiger partial charge is 0.396 e. The zero-order chi connectivity index (χ0) is 12.4. The maximum atomic E-state index is 11.7. The van der Waals surface area contributed by atoms with Gasteiger partial charge in [-0.05, 0) is 18.1 Å². The molecule has 1 aliphatic rings. The normalized spacial score (nSPS) is 13.9. The number of carbonyl (C=O) groups excluding carboxylic acids is 1. The molecule has 0 saturated carbocycles. The Bertz CT molecular complexity index is 473. The van der Waals surface area contributed by atoms with E-state index in [1.807, 2.05) is 0 Å². The Kier molecular flexibility index (Phi) is 3.06. The van der Waals surface area contributed by atoms with Gasteiger partial charge in [-0.3, -0.25) is 14.9 Å². The number of amides is 1. The van der Waals surface area contributed by atoms with Gasteiger partial charge in [0.1, 0.15) is 0 Å². The van der Waals surface area contributed by atoms with E-state index in [0.29, 0.717) is 24.2 Å². The number of carbonyl (C=O) groups is 1. The van der Waals surface area contributed by atoms with Crippen molar-refractivity contribution in [3.05, 3.63) is 33.9 Å². The number of rotatable bonds is 4. The molecule has 17 heavy (non-hydrogen) atoms. The number of nitro groups is 1. The summed E-state index contributed by atoms with van der Waals surface area (Å²) in [5.74, 6) is -0.0750. The standard InChI is InChI=1S/C11H12N2O4/c14-5-1-4-12-10-3-2-9(13(16)17)6-8(10)7-11(12)15/h2-3,6,14H,1,4-5,7H2. The lowest BCUT2D eigenvalue weighted by atomic mass is 10.1. The molecule has 1 aliphatic heterocycles. The lowest BCUT2D eigenvalue weighted by Gasteiger charge is -2.16. The molecule has 0 aromatic heterocycles. The van der Waals surface area contributed by atoms with E-state index in [0.717, 1.165) is 0 Å². The SMILES string of the molecule is O=C1Cc2cc([N+](=O)[O-])ccc2N1CCCO. The number of fused-ring (bicyclic) bond motifs is 1. The quantitative estimate of drug-likeness (QED) is 0.621. The molecule has 1 N–H and O–H groups in total. The summed E-state index contributed by atoms with van der Waals surface area (Å²) in [6, 6.07) is 4.42. The van der Waals surface area contributed by atoms with Gasteiger partial charge in [0.2, 0.25) is 5.91 Å². The average molecular weight is 236 g/mol. The number of aliphatic hydroxyl groups excluding tert-OH is 1. The molecule has 1 amide bonds. The second kappa shape index (κ2) is 4.50. The highest BCUT2D eigenvalue weighted by molar-refractivity contribution is 6.01. The van der Waals surface area contributed by atoms with Crippen LogP contribution in [0.1, 0.15) is 12.0 Å². The molecule has 1 aromatic carbocycles. The van der Waals surface area contributed by atoms with Crippen molar-refractivity contribution >= 4 is 17.3 Å². The van der Waals surface area contributed by atoms with Crippen LogP contribution >= 0.6 is 0 Å². The van der Waals surface area contributed by atoms with Crippen LogP contribution in [0.5, 0.6) is 0 Å². The molecule has 0 unspecified atom stereocenters. The number of anilines is 1. The van der Waals surface area contributed by atoms with E-state index in [-0.39, 0.29) is 24.6 Å². The van der Waals surface area contributed by atoms with Crippen LogP contribution in [0.3, 0.4) is 0 Å². The summed E-state index contributed by atoms with van der Waals surface area (Å²) >= 11 is 0. The van der Waals surface area contributed by atoms with Gasteiger partial charge in [-0.15, -0.1) is 0 Å². The van der Waals surface area contributed by atoms with Crippen LogP contribution in [0, 0.1) is 10.1 Å². The number of nitro benzene ring substituents is 1. The van der Waals surface area contributed by atoms with Crippen molar-refractivity contribution in [2.75, 3.05) is 18.1 Å². The van der Waals surface area contributed by atoms with Crippen LogP contribution in [0.15, 0.2) is 18.2 Å². The maximum Gasteiger partial charge on any atom is 0.269 e. The van der Waals surface area contributed by atoms with Crippen molar-refractivity contribution < 1.29 is 14.8 Å². The van der Waals surface area contributed by atoms with Gasteiger partial charge in [-0.1, -0.05) is 0 Å². The Morgan fingerprint density at radius 1 is 1.47 bits per heavy atom. The van der Waals surface area contributed by atoms with Gasteiger partial charge in [0, 0.05) is 31.0 Å². The zero-order valence-corrected chi connectivity index (χ0v) is 9.13. The number of benzene rings is 1. The summed E-state index contributed by atoms with van der Waals surface area (Å²) in [5, 5.41) is 19.4. The van der Waals surface area contributed by atoms with Crippen molar-refractivity contribution in [3.8, 4) is 0 Å². The van der Waals surface area contributed by atoms with Gasteiger partial charge in [-0.25, -0.2) is 0 Å². The van der Waals surface area contributed by atoms with Crippen LogP contribution in [0.4, 0.5) is 11.4 Å². The first-order chi connectivity index (χ1) is 8.13. The monoisotopic (exact) mass is 236 g/mol. The molecule has 1 heterocycles. The molecule has 6 nitrogen and oxygen atoms in total. The fourth-order valence-electron chi connectivity index (χ4n) is 1.96. The van der Waals surface area contributed by atoms with Gasteiger partial charge in [0.25, 0.3) is 5.69 Å². The summed E-state index contributed by atoms with van der Waals surface area (Å²) in [6.07, 6.45) is 0.699. The Morgan fingerprint density at radius 3 is 2.88 bits per heavy atom. The van der Waals surface area contributed by atoms with E-state index in [9.17, 15) is 14.9 Å². The fraction of sp³-hybridized carbons (Fsp3) is 0.364. The third kappa shape index (κ3) is 2.12. The van der Waals surface area contributed by atoms with E-state index in [2.05, 4.69) is 0 Å². The van der Waals surface area contributed by atoms with Crippen molar-refractivity contribution in [1.29, 1.82) is 0 Å². The lowest BCUT2D eigenvalue weighted by molar-refractivity contribution is -0.384. The molecule has 0 atom stereocenters. The molecule has 0 fully saturated rings. The molecule has 0 bridgehead atoms. The van der Waals surface area contributed by atoms with Gasteiger partial charge < -0.3 is 10.0 Å². The van der Waals surface area contributed by atoms with Crippen LogP contribution in [0.2, 0.25) is 0 Å². The van der Waals surface area contributed by atoms with Crippen molar-refractivity contribution in [2.45, 2.75) is 12.8 Å². The first kappa shape index (κ1) is 11.5. The van der Waals surface area contributed by atoms with E-state index in [1.165, 1.54) is 12.1 Å². The molecule has 0 saturated heterocycles. The highest BCUT2D eigenvalue weighted by Gasteiger charge is 2.28. The Morgan fingerprint density at radius 2 is 2.24 bits per heavy atom. The van der Waals surface area contributed by atoms with E-state index in [4.69, 9.17) is 5.11 Å². The fourth-order valence-corrected chi connectivity index (χ4v) is 1.96. The molecule has 0 spiro atoms. The third-order valence-electron chi connectivity index (χ3n) is 2.75. The summed E-state index contributed by atoms with van der Waals surface area (Å²) in [4.78, 5) is 23.4. The number of non-ortho nitro benzene ring substituents is 1. The maximum absolute atomic E-state index is 11.7. The molecular weight excluding hydrogens is 224 g/mol. The smallest absolute Gasteiger partial charge is 0.269 e. The summed E-state index contributed by atoms with van der Waals surface area (Å²) < 4.78 is 0. The number of aliphatic hydroxyl groups is 1. The van der Waals surface area contributed by atoms with E-state index >= 15 is 0 Å². The minimum Gasteiger partial charge on any atom is -0.396 e. The predicted octanol–water partition coefficient (Wildman–Crippen LogP) is 0.866. The van der Waals surface area contributed by atoms with Gasteiger partial charge in [0.05, 0.1) is 11.3 Å². The highest BCUT2D eigenvalue weighted by Crippen LogP contribution is 2.31. The molecule has 6 heteroatoms. The molecule has 90 valence electrons. The summed E-state index contributed by atoms with van der Waals surface area (Å²) in [5.41, 5.74) is 1.40. The van der Waals surface area contributed by atoms with Gasteiger partial charge in [0.15, 0.2) is 0 Å². The first-order valence-corrected chi connectivity index (χ1v) is 5.32. The average Bonchev–Trinajstić information content (AvgIpc) is 2.61. The van der Waals surface area contributed by atoms with Crippen LogP contribution < -0.4 is 4.90 Å². The predicted molar refractivity (Wildman–Crippen MR) is 60.9 cm³/mol. The van der Waals surface area contributed by atoms with Crippen molar-refractivity contribution in [1.82, 2.24) is 0 Å². The minimum atomic E-state index is -0.471. The zero-order valence-electron chi connectivity index (χ0n) is 9.13. The number of hydrogen-bond donors (Lipinski definition) is 1. The molecular formula is C11H12N2O4. The van der Waals surface area contributed by atoms with Crippen LogP contribution in [-0.4, -0.2) is 29.1 Å². The highest BCUT2D eigenvalue weighted by atomic mass is 16.6. The Hall–Kier alpha value is -1.95. The molecule has 1 aromatic rings. The number of nitrogens with zero attached hydrogens (tertiary/aromatic N) is 2. The number of hydrogen-bond acceptors (Lipinski definition) is 4. The molecule has 2 rings (SSSR count). The van der Waals surface area contributed by atoms with Crippen LogP contribution in [0.25, 0.3) is 0 Å². The second-order valence-electron chi connectivity index (χ2n) is 3.87. The van der Waals surface area contributed by atoms with Crippen LogP contribution in [-0.2, 0) is 11.2 Å². The van der Waals surface area contributed by atoms with Crippen molar-refractivity contribution in [2.24, 2.45) is 0 Å². The molecule has 0 aliphatic carbocycles. The van der Waals surface area contributed by atoms with E-state index < -0.39 is 4.92 Å². The third-order valence-corrected chi connectivity index (χ3v) is 2.75.